The molecule has 0 saturated heterocycles. The molecule has 0 fully saturated rings. The summed E-state index contributed by atoms with van der Waals surface area (Å²) >= 11 is 5.80. The van der Waals surface area contributed by atoms with Crippen molar-refractivity contribution >= 4 is 39.2 Å². The van der Waals surface area contributed by atoms with E-state index in [0.29, 0.717) is 0 Å². The zero-order valence-electron chi connectivity index (χ0n) is 3.97. The Morgan fingerprint density at radius 2 is 1.62 bits per heavy atom. The molecule has 1 radical (unpaired) electrons. The van der Waals surface area contributed by atoms with Crippen molar-refractivity contribution in [1.29, 1.82) is 0 Å². The number of hydrogen-bond donors (Lipinski definition) is 0. The van der Waals surface area contributed by atoms with E-state index in [9.17, 15) is 5.02 Å². The van der Waals surface area contributed by atoms with Crippen molar-refractivity contribution in [1.82, 2.24) is 0 Å². The summed E-state index contributed by atoms with van der Waals surface area (Å²) in [6.07, 6.45) is 0. The van der Waals surface area contributed by atoms with Gasteiger partial charge in [-0.2, -0.15) is 0 Å². The van der Waals surface area contributed by atoms with Gasteiger partial charge in [0, 0.05) is 0 Å². The highest BCUT2D eigenvalue weighted by Crippen LogP contribution is 1.91. The molecule has 0 N–H and O–H groups in total. The maximum atomic E-state index is 10.2. The smallest absolute Gasteiger partial charge is 0.374 e. The molecule has 3 nitrogen and oxygen atoms in total. The number of halogens is 2. The van der Waals surface area contributed by atoms with E-state index in [2.05, 4.69) is 41.2 Å². The Hall–Kier alpha value is 0.905. The van der Waals surface area contributed by atoms with E-state index in [1.807, 2.05) is 0 Å². The second-order valence-electron chi connectivity index (χ2n) is 0.840. The quantitative estimate of drug-likeness (QED) is 0.551. The van der Waals surface area contributed by atoms with Gasteiger partial charge in [0.05, 0.1) is 11.0 Å². The number of hydrogen-bond acceptors (Lipinski definition) is 2. The predicted molar refractivity (Wildman–Crippen MR) is 36.2 cm³/mol. The molecule has 0 bridgehead atoms. The van der Waals surface area contributed by atoms with Crippen LogP contribution in [0.5, 0.6) is 0 Å². The van der Waals surface area contributed by atoms with E-state index in [4.69, 9.17) is 0 Å². The first kappa shape index (κ1) is 8.90. The standard InChI is InChI=1S/C2H4BBr2O3/c4-1-7-3(6)8-2-5/h1-2H2. The lowest BCUT2D eigenvalue weighted by Crippen LogP contribution is -2.19. The van der Waals surface area contributed by atoms with Gasteiger partial charge in [-0.1, -0.05) is 31.9 Å². The van der Waals surface area contributed by atoms with Gasteiger partial charge in [0.15, 0.2) is 0 Å². The van der Waals surface area contributed by atoms with E-state index < -0.39 is 7.32 Å². The molecule has 0 unspecified atom stereocenters. The molecule has 0 spiro atoms. The molecular formula is C2H4BBr2O3. The molecule has 0 amide bonds. The van der Waals surface area contributed by atoms with Gasteiger partial charge in [0.25, 0.3) is 0 Å². The van der Waals surface area contributed by atoms with Gasteiger partial charge in [0.1, 0.15) is 0 Å². The summed E-state index contributed by atoms with van der Waals surface area (Å²) in [7, 11) is -1.38. The van der Waals surface area contributed by atoms with Gasteiger partial charge < -0.3 is 9.31 Å². The Balaban J connectivity index is 2.92. The Bertz CT molecular complexity index is 48.5. The van der Waals surface area contributed by atoms with Crippen LogP contribution in [0.1, 0.15) is 0 Å². The highest BCUT2D eigenvalue weighted by molar-refractivity contribution is 9.09. The molecule has 0 aromatic heterocycles. The van der Waals surface area contributed by atoms with Gasteiger partial charge in [0.2, 0.25) is 0 Å². The maximum Gasteiger partial charge on any atom is 0.668 e. The second kappa shape index (κ2) is 6.03. The number of rotatable bonds is 4. The molecule has 47 valence electrons. The molecule has 0 aliphatic carbocycles. The summed E-state index contributed by atoms with van der Waals surface area (Å²) in [5, 5.41) is 10.2. The summed E-state index contributed by atoms with van der Waals surface area (Å²) in [5.74, 6) is 0. The fourth-order valence-corrected chi connectivity index (χ4v) is 0.583. The predicted octanol–water partition coefficient (Wildman–Crippen LogP) is 1.14. The Kier molecular flexibility index (Phi) is 6.71. The first-order valence-electron chi connectivity index (χ1n) is 1.82. The normalized spacial score (nSPS) is 9.38. The minimum absolute atomic E-state index is 0.203. The minimum Gasteiger partial charge on any atom is -0.374 e. The summed E-state index contributed by atoms with van der Waals surface area (Å²) < 4.78 is 8.78. The first-order valence-corrected chi connectivity index (χ1v) is 4.06. The largest absolute Gasteiger partial charge is 0.668 e. The minimum atomic E-state index is -1.38. The van der Waals surface area contributed by atoms with E-state index >= 15 is 0 Å². The van der Waals surface area contributed by atoms with Gasteiger partial charge in [-0.15, -0.1) is 0 Å². The number of alkyl halides is 2. The van der Waals surface area contributed by atoms with Crippen molar-refractivity contribution in [2.24, 2.45) is 0 Å². The van der Waals surface area contributed by atoms with E-state index in [-0.39, 0.29) is 11.0 Å². The van der Waals surface area contributed by atoms with E-state index in [1.54, 1.807) is 0 Å². The van der Waals surface area contributed by atoms with Crippen LogP contribution in [0, 0.1) is 0 Å². The lowest BCUT2D eigenvalue weighted by atomic mass is 10.3. The Labute approximate surface area is 64.8 Å². The topological polar surface area (TPSA) is 38.4 Å². The summed E-state index contributed by atoms with van der Waals surface area (Å²) in [6.45, 7) is 0. The van der Waals surface area contributed by atoms with Crippen LogP contribution in [0.15, 0.2) is 0 Å². The molecule has 6 heteroatoms. The van der Waals surface area contributed by atoms with Crippen LogP contribution < -0.4 is 0 Å². The highest BCUT2D eigenvalue weighted by Gasteiger charge is 2.15. The third-order valence-electron chi connectivity index (χ3n) is 0.398. The fourth-order valence-electron chi connectivity index (χ4n) is 0.151. The van der Waals surface area contributed by atoms with Gasteiger partial charge in [-0.25, -0.2) is 5.02 Å². The van der Waals surface area contributed by atoms with E-state index in [0.717, 1.165) is 0 Å². The van der Waals surface area contributed by atoms with Crippen molar-refractivity contribution in [2.75, 3.05) is 11.0 Å². The lowest BCUT2D eigenvalue weighted by Gasteiger charge is -1.98. The van der Waals surface area contributed by atoms with Crippen molar-refractivity contribution < 1.29 is 14.3 Å². The molecule has 8 heavy (non-hydrogen) atoms. The maximum absolute atomic E-state index is 10.2. The third-order valence-corrected chi connectivity index (χ3v) is 0.927. The zero-order chi connectivity index (χ0) is 6.41. The zero-order valence-corrected chi connectivity index (χ0v) is 7.14. The lowest BCUT2D eigenvalue weighted by molar-refractivity contribution is 0.150. The van der Waals surface area contributed by atoms with Crippen LogP contribution in [0.3, 0.4) is 0 Å². The van der Waals surface area contributed by atoms with Crippen LogP contribution >= 0.6 is 31.9 Å². The average molecular weight is 247 g/mol. The van der Waals surface area contributed by atoms with Crippen LogP contribution in [0.4, 0.5) is 0 Å². The van der Waals surface area contributed by atoms with Crippen molar-refractivity contribution in [2.45, 2.75) is 0 Å². The van der Waals surface area contributed by atoms with Crippen LogP contribution in [-0.2, 0) is 14.3 Å². The Morgan fingerprint density at radius 1 is 1.25 bits per heavy atom. The Morgan fingerprint density at radius 3 is 1.88 bits per heavy atom. The van der Waals surface area contributed by atoms with Gasteiger partial charge in [-0.05, 0) is 0 Å². The summed E-state index contributed by atoms with van der Waals surface area (Å²) in [6, 6.07) is 0. The van der Waals surface area contributed by atoms with Crippen LogP contribution in [0.2, 0.25) is 0 Å². The van der Waals surface area contributed by atoms with Crippen molar-refractivity contribution in [3.05, 3.63) is 0 Å². The monoisotopic (exact) mass is 245 g/mol. The molecule has 0 saturated carbocycles. The average Bonchev–Trinajstić information content (AvgIpc) is 1.68. The molecule has 0 aliphatic rings. The SMILES string of the molecule is [O]B(OCBr)OCBr. The third kappa shape index (κ3) is 5.05. The molecule has 0 atom stereocenters. The molecule has 0 aromatic rings. The highest BCUT2D eigenvalue weighted by atomic mass is 79.9. The van der Waals surface area contributed by atoms with Crippen LogP contribution in [-0.4, -0.2) is 18.4 Å². The molecular weight excluding hydrogens is 243 g/mol. The molecule has 0 aliphatic heterocycles. The molecule has 0 rings (SSSR count). The van der Waals surface area contributed by atoms with Crippen molar-refractivity contribution in [3.8, 4) is 0 Å². The van der Waals surface area contributed by atoms with Gasteiger partial charge in [-0.3, -0.25) is 0 Å². The van der Waals surface area contributed by atoms with Gasteiger partial charge >= 0.3 is 7.32 Å². The van der Waals surface area contributed by atoms with Crippen molar-refractivity contribution in [3.63, 3.8) is 0 Å². The first-order chi connectivity index (χ1) is 3.81. The molecule has 0 heterocycles. The molecule has 0 aromatic carbocycles. The van der Waals surface area contributed by atoms with E-state index in [1.165, 1.54) is 0 Å². The van der Waals surface area contributed by atoms with Crippen LogP contribution in [0.25, 0.3) is 0 Å². The second-order valence-corrected chi connectivity index (χ2v) is 1.76. The fraction of sp³-hybridized carbons (Fsp3) is 1.00. The summed E-state index contributed by atoms with van der Waals surface area (Å²) in [4.78, 5) is 0. The summed E-state index contributed by atoms with van der Waals surface area (Å²) in [5.41, 5.74) is 0.405.